The van der Waals surface area contributed by atoms with Crippen molar-refractivity contribution in [3.05, 3.63) is 29.8 Å². The van der Waals surface area contributed by atoms with Crippen molar-refractivity contribution < 1.29 is 17.9 Å². The molecule has 1 unspecified atom stereocenters. The molecule has 1 aromatic rings. The third-order valence-electron chi connectivity index (χ3n) is 5.38. The van der Waals surface area contributed by atoms with Crippen LogP contribution in [0.4, 0.5) is 0 Å². The smallest absolute Gasteiger partial charge is 0.178 e. The zero-order valence-electron chi connectivity index (χ0n) is 17.5. The summed E-state index contributed by atoms with van der Waals surface area (Å²) in [5.74, 6) is 0.265. The molecule has 0 aliphatic carbocycles. The van der Waals surface area contributed by atoms with Crippen LogP contribution in [0.25, 0.3) is 0 Å². The van der Waals surface area contributed by atoms with E-state index in [-0.39, 0.29) is 12.0 Å². The number of hydrogen-bond donors (Lipinski definition) is 0. The van der Waals surface area contributed by atoms with Gasteiger partial charge in [0, 0.05) is 13.2 Å². The molecule has 0 saturated carbocycles. The number of rotatable bonds is 14. The molecule has 28 heavy (non-hydrogen) atoms. The summed E-state index contributed by atoms with van der Waals surface area (Å²) in [6, 6.07) is 7.17. The Bertz CT molecular complexity index is 619. The number of ether oxygens (including phenoxy) is 2. The average Bonchev–Trinajstić information content (AvgIpc) is 2.70. The number of aryl methyl sites for hydroxylation is 1. The van der Waals surface area contributed by atoms with E-state index in [9.17, 15) is 8.42 Å². The molecule has 1 aromatic carbocycles. The van der Waals surface area contributed by atoms with Gasteiger partial charge in [-0.15, -0.1) is 0 Å². The Balaban J connectivity index is 1.39. The maximum atomic E-state index is 12.3. The molecule has 0 aromatic heterocycles. The third kappa shape index (κ3) is 9.53. The van der Waals surface area contributed by atoms with Crippen molar-refractivity contribution in [1.82, 2.24) is 0 Å². The second-order valence-corrected chi connectivity index (χ2v) is 10.1. The maximum Gasteiger partial charge on any atom is 0.178 e. The van der Waals surface area contributed by atoms with Crippen molar-refractivity contribution in [3.63, 3.8) is 0 Å². The van der Waals surface area contributed by atoms with Gasteiger partial charge >= 0.3 is 0 Å². The van der Waals surface area contributed by atoms with Crippen LogP contribution in [0.5, 0.6) is 0 Å². The van der Waals surface area contributed by atoms with E-state index in [0.717, 1.165) is 50.9 Å². The molecule has 4 nitrogen and oxygen atoms in total. The molecule has 1 aliphatic heterocycles. The van der Waals surface area contributed by atoms with Gasteiger partial charge in [-0.1, -0.05) is 62.6 Å². The van der Waals surface area contributed by atoms with E-state index in [1.54, 1.807) is 12.1 Å². The molecule has 2 rings (SSSR count). The summed E-state index contributed by atoms with van der Waals surface area (Å²) in [5, 5.41) is 0. The fourth-order valence-corrected chi connectivity index (χ4v) is 4.92. The Labute approximate surface area is 171 Å². The highest BCUT2D eigenvalue weighted by Gasteiger charge is 2.14. The predicted molar refractivity (Wildman–Crippen MR) is 114 cm³/mol. The summed E-state index contributed by atoms with van der Waals surface area (Å²) in [6.45, 7) is 3.64. The van der Waals surface area contributed by atoms with Crippen molar-refractivity contribution in [2.75, 3.05) is 19.0 Å². The Morgan fingerprint density at radius 3 is 2.11 bits per heavy atom. The van der Waals surface area contributed by atoms with Crippen molar-refractivity contribution in [2.45, 2.75) is 95.2 Å². The van der Waals surface area contributed by atoms with Crippen LogP contribution in [0, 0.1) is 6.92 Å². The fourth-order valence-electron chi connectivity index (χ4n) is 3.55. The molecule has 0 radical (unpaired) electrons. The van der Waals surface area contributed by atoms with Crippen molar-refractivity contribution in [3.8, 4) is 0 Å². The molecule has 5 heteroatoms. The standard InChI is InChI=1S/C23H38O4S/c1-21-14-16-22(17-15-21)28(24,25)20-12-8-6-4-2-3-5-7-10-18-26-23-13-9-11-19-27-23/h14-17,23H,2-13,18-20H2,1H3. The zero-order chi connectivity index (χ0) is 20.1. The molecule has 0 N–H and O–H groups in total. The van der Waals surface area contributed by atoms with Crippen LogP contribution >= 0.6 is 0 Å². The lowest BCUT2D eigenvalue weighted by Crippen LogP contribution is -2.22. The number of benzene rings is 1. The highest BCUT2D eigenvalue weighted by atomic mass is 32.2. The molecule has 1 saturated heterocycles. The Morgan fingerprint density at radius 1 is 0.893 bits per heavy atom. The van der Waals surface area contributed by atoms with Crippen LogP contribution in [0.3, 0.4) is 0 Å². The molecule has 0 spiro atoms. The Morgan fingerprint density at radius 2 is 1.50 bits per heavy atom. The zero-order valence-corrected chi connectivity index (χ0v) is 18.4. The van der Waals surface area contributed by atoms with Gasteiger partial charge in [0.2, 0.25) is 0 Å². The first-order chi connectivity index (χ1) is 13.6. The number of unbranched alkanes of at least 4 members (excludes halogenated alkanes) is 8. The minimum absolute atomic E-state index is 0.0450. The summed E-state index contributed by atoms with van der Waals surface area (Å²) in [6.07, 6.45) is 13.7. The van der Waals surface area contributed by atoms with Crippen LogP contribution in [0.15, 0.2) is 29.2 Å². The minimum Gasteiger partial charge on any atom is -0.353 e. The van der Waals surface area contributed by atoms with Crippen LogP contribution in [-0.4, -0.2) is 33.7 Å². The van der Waals surface area contributed by atoms with Gasteiger partial charge in [-0.05, 0) is 51.2 Å². The minimum atomic E-state index is -3.12. The van der Waals surface area contributed by atoms with Crippen LogP contribution in [0.1, 0.15) is 82.6 Å². The monoisotopic (exact) mass is 410 g/mol. The molecule has 1 atom stereocenters. The van der Waals surface area contributed by atoms with Gasteiger partial charge in [0.1, 0.15) is 0 Å². The van der Waals surface area contributed by atoms with Crippen LogP contribution in [0.2, 0.25) is 0 Å². The normalized spacial score (nSPS) is 17.7. The van der Waals surface area contributed by atoms with Gasteiger partial charge in [0.15, 0.2) is 16.1 Å². The number of sulfone groups is 1. The molecule has 0 amide bonds. The molecule has 0 bridgehead atoms. The van der Waals surface area contributed by atoms with E-state index in [4.69, 9.17) is 9.47 Å². The summed E-state index contributed by atoms with van der Waals surface area (Å²) < 4.78 is 35.9. The highest BCUT2D eigenvalue weighted by molar-refractivity contribution is 7.91. The van der Waals surface area contributed by atoms with Crippen LogP contribution in [-0.2, 0) is 19.3 Å². The lowest BCUT2D eigenvalue weighted by atomic mass is 10.1. The van der Waals surface area contributed by atoms with Gasteiger partial charge in [-0.25, -0.2) is 8.42 Å². The van der Waals surface area contributed by atoms with Crippen molar-refractivity contribution in [2.24, 2.45) is 0 Å². The van der Waals surface area contributed by atoms with Crippen LogP contribution < -0.4 is 0 Å². The molecule has 160 valence electrons. The largest absolute Gasteiger partial charge is 0.353 e. The molecule has 1 heterocycles. The molecule has 1 fully saturated rings. The van der Waals surface area contributed by atoms with E-state index < -0.39 is 9.84 Å². The lowest BCUT2D eigenvalue weighted by molar-refractivity contribution is -0.162. The Kier molecular flexibility index (Phi) is 11.1. The second kappa shape index (κ2) is 13.3. The molecular weight excluding hydrogens is 372 g/mol. The van der Waals surface area contributed by atoms with E-state index >= 15 is 0 Å². The third-order valence-corrected chi connectivity index (χ3v) is 7.20. The second-order valence-electron chi connectivity index (χ2n) is 7.98. The summed E-state index contributed by atoms with van der Waals surface area (Å²) in [4.78, 5) is 0.456. The van der Waals surface area contributed by atoms with Gasteiger partial charge in [-0.2, -0.15) is 0 Å². The van der Waals surface area contributed by atoms with Crippen molar-refractivity contribution >= 4 is 9.84 Å². The van der Waals surface area contributed by atoms with E-state index in [1.165, 1.54) is 44.9 Å². The molecule has 1 aliphatic rings. The average molecular weight is 411 g/mol. The summed E-state index contributed by atoms with van der Waals surface area (Å²) in [7, 11) is -3.12. The highest BCUT2D eigenvalue weighted by Crippen LogP contribution is 2.16. The maximum absolute atomic E-state index is 12.3. The van der Waals surface area contributed by atoms with Gasteiger partial charge in [-0.3, -0.25) is 0 Å². The van der Waals surface area contributed by atoms with Gasteiger partial charge in [0.25, 0.3) is 0 Å². The van der Waals surface area contributed by atoms with E-state index in [1.807, 2.05) is 19.1 Å². The first-order valence-electron chi connectivity index (χ1n) is 11.1. The number of hydrogen-bond acceptors (Lipinski definition) is 4. The van der Waals surface area contributed by atoms with E-state index in [0.29, 0.717) is 4.90 Å². The predicted octanol–water partition coefficient (Wildman–Crippen LogP) is 5.82. The quantitative estimate of drug-likeness (QED) is 0.362. The SMILES string of the molecule is Cc1ccc(S(=O)(=O)CCCCCCCCCCCOC2CCCCO2)cc1. The van der Waals surface area contributed by atoms with Crippen molar-refractivity contribution in [1.29, 1.82) is 0 Å². The first kappa shape index (κ1) is 23.4. The summed E-state index contributed by atoms with van der Waals surface area (Å²) >= 11 is 0. The molecular formula is C23H38O4S. The topological polar surface area (TPSA) is 52.6 Å². The summed E-state index contributed by atoms with van der Waals surface area (Å²) in [5.41, 5.74) is 1.09. The lowest BCUT2D eigenvalue weighted by Gasteiger charge is -2.22. The van der Waals surface area contributed by atoms with Gasteiger partial charge < -0.3 is 9.47 Å². The fraction of sp³-hybridized carbons (Fsp3) is 0.739. The first-order valence-corrected chi connectivity index (χ1v) is 12.8. The Hall–Kier alpha value is -0.910. The van der Waals surface area contributed by atoms with Gasteiger partial charge in [0.05, 0.1) is 10.6 Å². The van der Waals surface area contributed by atoms with E-state index in [2.05, 4.69) is 0 Å².